The summed E-state index contributed by atoms with van der Waals surface area (Å²) in [6.07, 6.45) is -4.65. The van der Waals surface area contributed by atoms with Crippen LogP contribution in [-0.4, -0.2) is 24.3 Å². The van der Waals surface area contributed by atoms with E-state index in [4.69, 9.17) is 0 Å². The topological polar surface area (TPSA) is 58.6 Å². The summed E-state index contributed by atoms with van der Waals surface area (Å²) >= 11 is 0. The predicted octanol–water partition coefficient (Wildman–Crippen LogP) is 2.42. The molecule has 5 nitrogen and oxygen atoms in total. The van der Waals surface area contributed by atoms with Crippen LogP contribution in [-0.2, 0) is 4.79 Å². The second kappa shape index (κ2) is 5.03. The molecule has 1 unspecified atom stereocenters. The van der Waals surface area contributed by atoms with E-state index in [-0.39, 0.29) is 18.2 Å². The minimum absolute atomic E-state index is 0.131. The van der Waals surface area contributed by atoms with Gasteiger partial charge in [-0.05, 0) is 31.2 Å². The zero-order valence-corrected chi connectivity index (χ0v) is 10.4. The van der Waals surface area contributed by atoms with Gasteiger partial charge in [0.1, 0.15) is 5.75 Å². The normalized spacial score (nSPS) is 19.8. The first-order valence-electron chi connectivity index (χ1n) is 5.75. The molecule has 1 heterocycles. The minimum Gasteiger partial charge on any atom is -0.406 e. The highest BCUT2D eigenvalue weighted by molar-refractivity contribution is 6.16. The molecule has 0 saturated carbocycles. The van der Waals surface area contributed by atoms with Gasteiger partial charge in [0.15, 0.2) is 0 Å². The second-order valence-electron chi connectivity index (χ2n) is 4.33. The number of nitrogens with one attached hydrogen (secondary N) is 1. The molecule has 3 amide bonds. The number of carbonyl (C=O) groups excluding carboxylic acids is 2. The maximum absolute atomic E-state index is 12.0. The van der Waals surface area contributed by atoms with Gasteiger partial charge in [0.25, 0.3) is 0 Å². The maximum Gasteiger partial charge on any atom is 0.573 e. The Labute approximate surface area is 112 Å². The second-order valence-corrected chi connectivity index (χ2v) is 4.33. The SMILES string of the molecule is CC1CC(=O)N(c2ccc(OC(F)(F)F)cc2)C(=O)N1. The molecule has 1 aliphatic rings. The predicted molar refractivity (Wildman–Crippen MR) is 63.2 cm³/mol. The third-order valence-corrected chi connectivity index (χ3v) is 2.63. The number of anilines is 1. The van der Waals surface area contributed by atoms with Gasteiger partial charge >= 0.3 is 12.4 Å². The molecule has 1 aromatic rings. The highest BCUT2D eigenvalue weighted by Gasteiger charge is 2.32. The van der Waals surface area contributed by atoms with Crippen molar-refractivity contribution >= 4 is 17.6 Å². The molecule has 8 heteroatoms. The van der Waals surface area contributed by atoms with Crippen LogP contribution in [0.1, 0.15) is 13.3 Å². The Bertz CT molecular complexity index is 510. The molecule has 1 atom stereocenters. The van der Waals surface area contributed by atoms with Gasteiger partial charge < -0.3 is 10.1 Å². The van der Waals surface area contributed by atoms with E-state index in [9.17, 15) is 22.8 Å². The van der Waals surface area contributed by atoms with E-state index in [1.54, 1.807) is 6.92 Å². The molecule has 1 aromatic carbocycles. The van der Waals surface area contributed by atoms with E-state index in [2.05, 4.69) is 10.1 Å². The molecule has 20 heavy (non-hydrogen) atoms. The van der Waals surface area contributed by atoms with Crippen LogP contribution in [0.15, 0.2) is 24.3 Å². The molecular weight excluding hydrogens is 277 g/mol. The van der Waals surface area contributed by atoms with Crippen LogP contribution < -0.4 is 15.0 Å². The number of urea groups is 1. The van der Waals surface area contributed by atoms with Gasteiger partial charge in [-0.25, -0.2) is 9.69 Å². The van der Waals surface area contributed by atoms with Gasteiger partial charge in [-0.15, -0.1) is 13.2 Å². The van der Waals surface area contributed by atoms with Crippen LogP contribution in [0.4, 0.5) is 23.7 Å². The lowest BCUT2D eigenvalue weighted by atomic mass is 10.1. The molecule has 0 aliphatic carbocycles. The van der Waals surface area contributed by atoms with Crippen LogP contribution >= 0.6 is 0 Å². The number of rotatable bonds is 2. The van der Waals surface area contributed by atoms with E-state index < -0.39 is 24.1 Å². The molecular formula is C12H11F3N2O3. The first-order valence-corrected chi connectivity index (χ1v) is 5.75. The Morgan fingerprint density at radius 2 is 1.85 bits per heavy atom. The summed E-state index contributed by atoms with van der Waals surface area (Å²) in [6, 6.07) is 3.66. The van der Waals surface area contributed by atoms with Crippen molar-refractivity contribution in [2.75, 3.05) is 4.90 Å². The zero-order chi connectivity index (χ0) is 14.9. The van der Waals surface area contributed by atoms with Crippen molar-refractivity contribution in [3.63, 3.8) is 0 Å². The standard InChI is InChI=1S/C12H11F3N2O3/c1-7-6-10(18)17(11(19)16-7)8-2-4-9(5-3-8)20-12(13,14)15/h2-5,7H,6H2,1H3,(H,16,19). The van der Waals surface area contributed by atoms with Crippen LogP contribution in [0, 0.1) is 0 Å². The fourth-order valence-corrected chi connectivity index (χ4v) is 1.85. The van der Waals surface area contributed by atoms with Crippen molar-refractivity contribution in [2.45, 2.75) is 25.7 Å². The molecule has 2 rings (SSSR count). The number of carbonyl (C=O) groups is 2. The number of halogens is 3. The van der Waals surface area contributed by atoms with Gasteiger partial charge in [-0.3, -0.25) is 4.79 Å². The zero-order valence-electron chi connectivity index (χ0n) is 10.4. The minimum atomic E-state index is -4.78. The lowest BCUT2D eigenvalue weighted by Gasteiger charge is -2.29. The number of imide groups is 1. The summed E-state index contributed by atoms with van der Waals surface area (Å²) < 4.78 is 39.7. The van der Waals surface area contributed by atoms with E-state index in [1.807, 2.05) is 0 Å². The summed E-state index contributed by atoms with van der Waals surface area (Å²) in [5.74, 6) is -0.828. The lowest BCUT2D eigenvalue weighted by Crippen LogP contribution is -2.54. The monoisotopic (exact) mass is 288 g/mol. The Balaban J connectivity index is 2.17. The maximum atomic E-state index is 12.0. The molecule has 1 fully saturated rings. The number of alkyl halides is 3. The molecule has 1 saturated heterocycles. The van der Waals surface area contributed by atoms with Crippen LogP contribution in [0.5, 0.6) is 5.75 Å². The van der Waals surface area contributed by atoms with Gasteiger partial charge in [-0.2, -0.15) is 0 Å². The number of ether oxygens (including phenoxy) is 1. The van der Waals surface area contributed by atoms with Crippen LogP contribution in [0.25, 0.3) is 0 Å². The van der Waals surface area contributed by atoms with Gasteiger partial charge in [0.05, 0.1) is 5.69 Å². The number of hydrogen-bond acceptors (Lipinski definition) is 3. The van der Waals surface area contributed by atoms with Crippen molar-refractivity contribution in [3.05, 3.63) is 24.3 Å². The highest BCUT2D eigenvalue weighted by atomic mass is 19.4. The summed E-state index contributed by atoms with van der Waals surface area (Å²) in [5.41, 5.74) is 0.189. The van der Waals surface area contributed by atoms with E-state index >= 15 is 0 Å². The van der Waals surface area contributed by atoms with Gasteiger partial charge in [-0.1, -0.05) is 0 Å². The summed E-state index contributed by atoms with van der Waals surface area (Å²) in [7, 11) is 0. The van der Waals surface area contributed by atoms with E-state index in [0.717, 1.165) is 17.0 Å². The average molecular weight is 288 g/mol. The lowest BCUT2D eigenvalue weighted by molar-refractivity contribution is -0.274. The largest absolute Gasteiger partial charge is 0.573 e. The first-order chi connectivity index (χ1) is 9.26. The van der Waals surface area contributed by atoms with Crippen molar-refractivity contribution in [2.24, 2.45) is 0 Å². The van der Waals surface area contributed by atoms with Crippen molar-refractivity contribution in [1.82, 2.24) is 5.32 Å². The molecule has 1 aliphatic heterocycles. The van der Waals surface area contributed by atoms with Crippen LogP contribution in [0.2, 0.25) is 0 Å². The highest BCUT2D eigenvalue weighted by Crippen LogP contribution is 2.26. The van der Waals surface area contributed by atoms with Crippen molar-refractivity contribution in [3.8, 4) is 5.75 Å². The Hall–Kier alpha value is -2.25. The molecule has 108 valence electrons. The van der Waals surface area contributed by atoms with Crippen molar-refractivity contribution in [1.29, 1.82) is 0 Å². The van der Waals surface area contributed by atoms with Crippen LogP contribution in [0.3, 0.4) is 0 Å². The number of amides is 3. The summed E-state index contributed by atoms with van der Waals surface area (Å²) in [6.45, 7) is 1.69. The van der Waals surface area contributed by atoms with E-state index in [1.165, 1.54) is 12.1 Å². The fraction of sp³-hybridized carbons (Fsp3) is 0.333. The smallest absolute Gasteiger partial charge is 0.406 e. The van der Waals surface area contributed by atoms with Gasteiger partial charge in [0.2, 0.25) is 5.91 Å². The molecule has 0 aromatic heterocycles. The summed E-state index contributed by atoms with van der Waals surface area (Å²) in [5, 5.41) is 2.57. The fourth-order valence-electron chi connectivity index (χ4n) is 1.85. The Morgan fingerprint density at radius 3 is 2.35 bits per heavy atom. The molecule has 0 radical (unpaired) electrons. The third kappa shape index (κ3) is 3.19. The Morgan fingerprint density at radius 1 is 1.25 bits per heavy atom. The molecule has 0 spiro atoms. The first kappa shape index (κ1) is 14.2. The number of nitrogens with zero attached hydrogens (tertiary/aromatic N) is 1. The van der Waals surface area contributed by atoms with E-state index in [0.29, 0.717) is 0 Å². The Kier molecular flexibility index (Phi) is 3.56. The third-order valence-electron chi connectivity index (χ3n) is 2.63. The quantitative estimate of drug-likeness (QED) is 0.909. The number of hydrogen-bond donors (Lipinski definition) is 1. The molecule has 0 bridgehead atoms. The van der Waals surface area contributed by atoms with Gasteiger partial charge in [0, 0.05) is 12.5 Å². The molecule has 1 N–H and O–H groups in total. The average Bonchev–Trinajstić information content (AvgIpc) is 2.28. The van der Waals surface area contributed by atoms with Crippen molar-refractivity contribution < 1.29 is 27.5 Å². The number of benzene rings is 1. The summed E-state index contributed by atoms with van der Waals surface area (Å²) in [4.78, 5) is 24.4.